The highest BCUT2D eigenvalue weighted by molar-refractivity contribution is 5.83. The third-order valence-electron chi connectivity index (χ3n) is 2.76. The van der Waals surface area contributed by atoms with E-state index < -0.39 is 0 Å². The lowest BCUT2D eigenvalue weighted by Gasteiger charge is -2.06. The topological polar surface area (TPSA) is 28.7 Å². The number of aryl methyl sites for hydroxylation is 1. The van der Waals surface area contributed by atoms with E-state index >= 15 is 0 Å². The van der Waals surface area contributed by atoms with Gasteiger partial charge in [-0.3, -0.25) is 4.98 Å². The minimum Gasteiger partial charge on any atom is -0.366 e. The van der Waals surface area contributed by atoms with Crippen molar-refractivity contribution in [3.63, 3.8) is 0 Å². The van der Waals surface area contributed by atoms with E-state index in [1.54, 1.807) is 0 Å². The van der Waals surface area contributed by atoms with Crippen molar-refractivity contribution in [1.29, 1.82) is 0 Å². The summed E-state index contributed by atoms with van der Waals surface area (Å²) in [6.45, 7) is 2.11. The molecule has 1 aromatic rings. The van der Waals surface area contributed by atoms with Crippen molar-refractivity contribution in [2.45, 2.75) is 6.92 Å². The van der Waals surface area contributed by atoms with Crippen molar-refractivity contribution in [2.75, 3.05) is 0 Å². The normalized spacial score (nSPS) is 10.8. The highest BCUT2D eigenvalue weighted by Crippen LogP contribution is 2.33. The first-order valence-electron chi connectivity index (χ1n) is 5.33. The SMILES string of the molecule is Cc1cc2c[nH]cc(-c3ccccn3)c-2c1. The molecule has 0 aromatic carbocycles. The molecule has 3 rings (SSSR count). The smallest absolute Gasteiger partial charge is 0.0722 e. The van der Waals surface area contributed by atoms with Gasteiger partial charge in [0.1, 0.15) is 0 Å². The zero-order valence-corrected chi connectivity index (χ0v) is 9.07. The second-order valence-corrected chi connectivity index (χ2v) is 3.99. The maximum absolute atomic E-state index is 4.39. The van der Waals surface area contributed by atoms with Gasteiger partial charge in [-0.1, -0.05) is 12.1 Å². The molecule has 2 heteroatoms. The number of H-pyrrole nitrogens is 1. The lowest BCUT2D eigenvalue weighted by atomic mass is 10.0. The predicted molar refractivity (Wildman–Crippen MR) is 65.4 cm³/mol. The molecule has 0 saturated carbocycles. The van der Waals surface area contributed by atoms with Gasteiger partial charge in [-0.15, -0.1) is 0 Å². The molecule has 78 valence electrons. The molecule has 0 spiro atoms. The van der Waals surface area contributed by atoms with Gasteiger partial charge in [-0.05, 0) is 41.8 Å². The summed E-state index contributed by atoms with van der Waals surface area (Å²) in [4.78, 5) is 7.56. The summed E-state index contributed by atoms with van der Waals surface area (Å²) < 4.78 is 0. The Morgan fingerprint density at radius 2 is 2.00 bits per heavy atom. The molecular weight excluding hydrogens is 196 g/mol. The third-order valence-corrected chi connectivity index (χ3v) is 2.76. The highest BCUT2D eigenvalue weighted by atomic mass is 14.7. The molecule has 1 N–H and O–H groups in total. The molecule has 0 amide bonds. The Labute approximate surface area is 94.3 Å². The minimum atomic E-state index is 1.01. The molecule has 0 fully saturated rings. The van der Waals surface area contributed by atoms with Crippen LogP contribution < -0.4 is 0 Å². The Bertz CT molecular complexity index is 581. The summed E-state index contributed by atoms with van der Waals surface area (Å²) in [7, 11) is 0. The summed E-state index contributed by atoms with van der Waals surface area (Å²) in [5.41, 5.74) is 5.95. The Morgan fingerprint density at radius 3 is 2.81 bits per heavy atom. The van der Waals surface area contributed by atoms with Crippen LogP contribution in [0.4, 0.5) is 0 Å². The van der Waals surface area contributed by atoms with E-state index in [1.165, 1.54) is 16.7 Å². The average molecular weight is 208 g/mol. The van der Waals surface area contributed by atoms with Gasteiger partial charge in [0.25, 0.3) is 0 Å². The highest BCUT2D eigenvalue weighted by Gasteiger charge is 2.11. The molecule has 0 saturated heterocycles. The first-order valence-corrected chi connectivity index (χ1v) is 5.33. The van der Waals surface area contributed by atoms with Gasteiger partial charge >= 0.3 is 0 Å². The summed E-state index contributed by atoms with van der Waals surface area (Å²) in [5.74, 6) is 0. The van der Waals surface area contributed by atoms with Crippen molar-refractivity contribution in [3.05, 3.63) is 54.5 Å². The number of hydrogen-bond donors (Lipinski definition) is 1. The van der Waals surface area contributed by atoms with Crippen LogP contribution in [0.25, 0.3) is 22.4 Å². The Hall–Kier alpha value is -2.09. The average Bonchev–Trinajstić information content (AvgIpc) is 2.70. The number of aromatic amines is 1. The monoisotopic (exact) mass is 208 g/mol. The number of hydrogen-bond acceptors (Lipinski definition) is 1. The van der Waals surface area contributed by atoms with E-state index in [0.29, 0.717) is 0 Å². The van der Waals surface area contributed by atoms with Crippen molar-refractivity contribution in [3.8, 4) is 22.4 Å². The van der Waals surface area contributed by atoms with Crippen LogP contribution in [0.5, 0.6) is 0 Å². The number of rotatable bonds is 1. The van der Waals surface area contributed by atoms with Gasteiger partial charge in [0.05, 0.1) is 5.69 Å². The van der Waals surface area contributed by atoms with E-state index in [1.807, 2.05) is 36.8 Å². The molecule has 0 atom stereocenters. The van der Waals surface area contributed by atoms with Crippen molar-refractivity contribution in [1.82, 2.24) is 9.97 Å². The van der Waals surface area contributed by atoms with Crippen LogP contribution in [0.3, 0.4) is 0 Å². The van der Waals surface area contributed by atoms with Gasteiger partial charge in [-0.2, -0.15) is 0 Å². The summed E-state index contributed by atoms with van der Waals surface area (Å²) in [6.07, 6.45) is 5.85. The number of nitrogens with zero attached hydrogens (tertiary/aromatic N) is 1. The van der Waals surface area contributed by atoms with E-state index in [4.69, 9.17) is 0 Å². The number of pyridine rings is 2. The molecule has 2 heterocycles. The second-order valence-electron chi connectivity index (χ2n) is 3.99. The fourth-order valence-electron chi connectivity index (χ4n) is 2.05. The minimum absolute atomic E-state index is 1.01. The third kappa shape index (κ3) is 1.39. The van der Waals surface area contributed by atoms with Gasteiger partial charge in [-0.25, -0.2) is 0 Å². The van der Waals surface area contributed by atoms with Crippen LogP contribution in [0.15, 0.2) is 48.9 Å². The largest absolute Gasteiger partial charge is 0.366 e. The van der Waals surface area contributed by atoms with Crippen molar-refractivity contribution < 1.29 is 0 Å². The summed E-state index contributed by atoms with van der Waals surface area (Å²) in [6, 6.07) is 10.4. The van der Waals surface area contributed by atoms with Crippen molar-refractivity contribution >= 4 is 0 Å². The standard InChI is InChI=1S/C14H12N2/c1-10-6-11-8-15-9-13(12(11)7-10)14-4-2-3-5-16-14/h2-9,15H,1H3. The van der Waals surface area contributed by atoms with Crippen LogP contribution in [-0.4, -0.2) is 9.97 Å². The van der Waals surface area contributed by atoms with Gasteiger partial charge < -0.3 is 4.98 Å². The Balaban J connectivity index is 2.26. The van der Waals surface area contributed by atoms with E-state index in [-0.39, 0.29) is 0 Å². The van der Waals surface area contributed by atoms with E-state index in [9.17, 15) is 0 Å². The van der Waals surface area contributed by atoms with Crippen LogP contribution >= 0.6 is 0 Å². The van der Waals surface area contributed by atoms with Gasteiger partial charge in [0.2, 0.25) is 0 Å². The first-order chi connectivity index (χ1) is 7.84. The van der Waals surface area contributed by atoms with Crippen LogP contribution in [-0.2, 0) is 0 Å². The molecule has 2 aliphatic rings. The molecule has 1 aliphatic carbocycles. The number of nitrogens with one attached hydrogen (secondary N) is 1. The Morgan fingerprint density at radius 1 is 1.06 bits per heavy atom. The molecule has 0 radical (unpaired) electrons. The second kappa shape index (κ2) is 3.49. The molecule has 0 bridgehead atoms. The molecular formula is C14H12N2. The van der Waals surface area contributed by atoms with Crippen LogP contribution in [0, 0.1) is 6.92 Å². The zero-order chi connectivity index (χ0) is 11.0. The molecule has 0 unspecified atom stereocenters. The lowest BCUT2D eigenvalue weighted by Crippen LogP contribution is -1.87. The Kier molecular flexibility index (Phi) is 2.00. The maximum Gasteiger partial charge on any atom is 0.0722 e. The maximum atomic E-state index is 4.39. The fraction of sp³-hybridized carbons (Fsp3) is 0.0714. The molecule has 16 heavy (non-hydrogen) atoms. The van der Waals surface area contributed by atoms with Gasteiger partial charge in [0, 0.05) is 24.2 Å². The van der Waals surface area contributed by atoms with Crippen molar-refractivity contribution in [2.24, 2.45) is 0 Å². The molecule has 2 nitrogen and oxygen atoms in total. The number of aromatic nitrogens is 2. The lowest BCUT2D eigenvalue weighted by molar-refractivity contribution is 1.28. The molecule has 1 aromatic heterocycles. The first kappa shape index (κ1) is 9.16. The number of fused-ring (bicyclic) bond motifs is 1. The summed E-state index contributed by atoms with van der Waals surface area (Å²) >= 11 is 0. The van der Waals surface area contributed by atoms with Crippen LogP contribution in [0.1, 0.15) is 5.56 Å². The van der Waals surface area contributed by atoms with E-state index in [0.717, 1.165) is 11.3 Å². The van der Waals surface area contributed by atoms with E-state index in [2.05, 4.69) is 29.0 Å². The van der Waals surface area contributed by atoms with Crippen LogP contribution in [0.2, 0.25) is 0 Å². The fourth-order valence-corrected chi connectivity index (χ4v) is 2.05. The van der Waals surface area contributed by atoms with Gasteiger partial charge in [0.15, 0.2) is 0 Å². The quantitative estimate of drug-likeness (QED) is 0.651. The predicted octanol–water partition coefficient (Wildman–Crippen LogP) is 3.49. The molecule has 1 aliphatic heterocycles. The summed E-state index contributed by atoms with van der Waals surface area (Å²) in [5, 5.41) is 0. The zero-order valence-electron chi connectivity index (χ0n) is 9.07.